The molecular weight excluding hydrogens is 506 g/mol. The summed E-state index contributed by atoms with van der Waals surface area (Å²) in [7, 11) is 4.17. The zero-order chi connectivity index (χ0) is 27.7. The lowest BCUT2D eigenvalue weighted by Gasteiger charge is -2.38. The van der Waals surface area contributed by atoms with E-state index in [-0.39, 0.29) is 6.79 Å². The van der Waals surface area contributed by atoms with Crippen LogP contribution in [0.2, 0.25) is 0 Å². The summed E-state index contributed by atoms with van der Waals surface area (Å²) in [4.78, 5) is 2.15. The molecule has 5 aromatic carbocycles. The first-order chi connectivity index (χ1) is 20.0. The smallest absolute Gasteiger partial charge is 0.231 e. The first-order valence-electron chi connectivity index (χ1n) is 14.3. The van der Waals surface area contributed by atoms with Gasteiger partial charge in [0.25, 0.3) is 0 Å². The predicted octanol–water partition coefficient (Wildman–Crippen LogP) is 8.06. The maximum Gasteiger partial charge on any atom is 0.231 e. The molecule has 41 heavy (non-hydrogen) atoms. The van der Waals surface area contributed by atoms with Crippen molar-refractivity contribution < 1.29 is 14.2 Å². The molecule has 2 heterocycles. The molecule has 0 aromatic heterocycles. The minimum Gasteiger partial charge on any atom is -0.472 e. The molecule has 202 valence electrons. The van der Waals surface area contributed by atoms with Gasteiger partial charge >= 0.3 is 0 Å². The summed E-state index contributed by atoms with van der Waals surface area (Å²) < 4.78 is 19.1. The van der Waals surface area contributed by atoms with Crippen LogP contribution < -0.4 is 19.1 Å². The molecular formula is C37H31NO3. The van der Waals surface area contributed by atoms with Crippen molar-refractivity contribution in [3.05, 3.63) is 124 Å². The van der Waals surface area contributed by atoms with Gasteiger partial charge in [-0.25, -0.2) is 0 Å². The van der Waals surface area contributed by atoms with Crippen LogP contribution in [-0.4, -0.2) is 20.9 Å². The Balaban J connectivity index is 1.42. The molecule has 0 bridgehead atoms. The van der Waals surface area contributed by atoms with Gasteiger partial charge in [-0.3, -0.25) is 0 Å². The highest BCUT2D eigenvalue weighted by atomic mass is 16.7. The van der Waals surface area contributed by atoms with Gasteiger partial charge in [0.1, 0.15) is 5.75 Å². The van der Waals surface area contributed by atoms with E-state index in [1.807, 2.05) is 0 Å². The van der Waals surface area contributed by atoms with Gasteiger partial charge in [0, 0.05) is 41.9 Å². The van der Waals surface area contributed by atoms with E-state index in [2.05, 4.69) is 123 Å². The van der Waals surface area contributed by atoms with Crippen molar-refractivity contribution in [2.45, 2.75) is 25.4 Å². The number of rotatable bonds is 3. The number of hydrogen-bond donors (Lipinski definition) is 0. The third-order valence-corrected chi connectivity index (χ3v) is 8.89. The van der Waals surface area contributed by atoms with Gasteiger partial charge in [0.2, 0.25) is 6.79 Å². The van der Waals surface area contributed by atoms with Crippen molar-refractivity contribution in [1.29, 1.82) is 0 Å². The highest BCUT2D eigenvalue weighted by Gasteiger charge is 2.40. The van der Waals surface area contributed by atoms with Gasteiger partial charge in [-0.15, -0.1) is 0 Å². The number of aryl methyl sites for hydroxylation is 2. The number of hydrogen-bond acceptors (Lipinski definition) is 4. The monoisotopic (exact) mass is 537 g/mol. The summed E-state index contributed by atoms with van der Waals surface area (Å²) >= 11 is 0. The van der Waals surface area contributed by atoms with E-state index in [1.165, 1.54) is 33.5 Å². The van der Waals surface area contributed by atoms with E-state index in [0.717, 1.165) is 57.6 Å². The quantitative estimate of drug-likeness (QED) is 0.233. The summed E-state index contributed by atoms with van der Waals surface area (Å²) in [6.45, 7) is 2.40. The van der Waals surface area contributed by atoms with E-state index in [4.69, 9.17) is 14.2 Å². The van der Waals surface area contributed by atoms with Gasteiger partial charge in [0.05, 0.1) is 0 Å². The molecule has 2 aliphatic heterocycles. The molecule has 4 nitrogen and oxygen atoms in total. The molecule has 0 saturated carbocycles. The van der Waals surface area contributed by atoms with Crippen LogP contribution in [-0.2, 0) is 18.4 Å². The van der Waals surface area contributed by atoms with Crippen LogP contribution in [0, 0.1) is 6.92 Å². The van der Waals surface area contributed by atoms with Crippen molar-refractivity contribution in [3.63, 3.8) is 0 Å². The molecule has 8 rings (SSSR count). The SMILES string of the molecule is Cc1cc(C2(c3ccccc3)C=Cc3c4c(c5cc6c(cc5c3O2)OCO6)-c2ccccc2CC4)ccc1N(C)C. The van der Waals surface area contributed by atoms with E-state index in [9.17, 15) is 0 Å². The fourth-order valence-corrected chi connectivity index (χ4v) is 6.96. The highest BCUT2D eigenvalue weighted by Crippen LogP contribution is 2.53. The van der Waals surface area contributed by atoms with Crippen molar-refractivity contribution in [2.24, 2.45) is 0 Å². The molecule has 1 unspecified atom stereocenters. The summed E-state index contributed by atoms with van der Waals surface area (Å²) in [6.07, 6.45) is 6.53. The number of benzene rings is 5. The molecule has 0 fully saturated rings. The molecule has 4 heteroatoms. The van der Waals surface area contributed by atoms with Crippen LogP contribution >= 0.6 is 0 Å². The molecule has 1 aliphatic carbocycles. The minimum atomic E-state index is -0.784. The van der Waals surface area contributed by atoms with Crippen molar-refractivity contribution in [3.8, 4) is 28.4 Å². The van der Waals surface area contributed by atoms with E-state index in [1.54, 1.807) is 0 Å². The molecule has 5 aromatic rings. The van der Waals surface area contributed by atoms with Crippen molar-refractivity contribution in [2.75, 3.05) is 25.8 Å². The van der Waals surface area contributed by atoms with Crippen LogP contribution in [0.3, 0.4) is 0 Å². The zero-order valence-electron chi connectivity index (χ0n) is 23.5. The Hall–Kier alpha value is -4.70. The number of ether oxygens (including phenoxy) is 3. The Labute approximate surface area is 240 Å². The largest absolute Gasteiger partial charge is 0.472 e. The maximum absolute atomic E-state index is 7.38. The number of nitrogens with zero attached hydrogens (tertiary/aromatic N) is 1. The first kappa shape index (κ1) is 24.1. The molecule has 0 saturated heterocycles. The average Bonchev–Trinajstić information content (AvgIpc) is 3.47. The van der Waals surface area contributed by atoms with Crippen LogP contribution in [0.4, 0.5) is 5.69 Å². The highest BCUT2D eigenvalue weighted by molar-refractivity contribution is 6.07. The topological polar surface area (TPSA) is 30.9 Å². The molecule has 1 atom stereocenters. The summed E-state index contributed by atoms with van der Waals surface area (Å²) in [6, 6.07) is 30.3. The Bertz CT molecular complexity index is 1890. The fourth-order valence-electron chi connectivity index (χ4n) is 6.96. The first-order valence-corrected chi connectivity index (χ1v) is 14.3. The third kappa shape index (κ3) is 3.53. The maximum atomic E-state index is 7.38. The molecule has 0 N–H and O–H groups in total. The van der Waals surface area contributed by atoms with Gasteiger partial charge in [-0.1, -0.05) is 66.7 Å². The molecule has 0 radical (unpaired) electrons. The van der Waals surface area contributed by atoms with Gasteiger partial charge in [-0.2, -0.15) is 0 Å². The Morgan fingerprint density at radius 2 is 1.51 bits per heavy atom. The second-order valence-electron chi connectivity index (χ2n) is 11.4. The molecule has 3 aliphatic rings. The normalized spacial score (nSPS) is 17.9. The van der Waals surface area contributed by atoms with Gasteiger partial charge < -0.3 is 19.1 Å². The standard InChI is InChI=1S/C37H31NO3/c1-23-19-26(14-16-32(23)38(2)3)37(25-10-5-4-6-11-25)18-17-29-28-15-13-24-9-7-8-12-27(24)35(28)30-20-33-34(40-22-39-33)21-31(30)36(29)41-37/h4-12,14,16-21H,13,15,22H2,1-3H3. The fraction of sp³-hybridized carbons (Fsp3) is 0.189. The number of anilines is 1. The van der Waals surface area contributed by atoms with Gasteiger partial charge in [-0.05, 0) is 83.3 Å². The number of fused-ring (bicyclic) bond motifs is 9. The molecule has 0 spiro atoms. The van der Waals surface area contributed by atoms with E-state index >= 15 is 0 Å². The average molecular weight is 538 g/mol. The van der Waals surface area contributed by atoms with Crippen LogP contribution in [0.1, 0.15) is 33.4 Å². The Morgan fingerprint density at radius 1 is 0.756 bits per heavy atom. The summed E-state index contributed by atoms with van der Waals surface area (Å²) in [5.74, 6) is 2.45. The zero-order valence-corrected chi connectivity index (χ0v) is 23.5. The second-order valence-corrected chi connectivity index (χ2v) is 11.4. The van der Waals surface area contributed by atoms with Crippen LogP contribution in [0.25, 0.3) is 28.0 Å². The lowest BCUT2D eigenvalue weighted by molar-refractivity contribution is 0.163. The van der Waals surface area contributed by atoms with Crippen LogP contribution in [0.5, 0.6) is 17.2 Å². The van der Waals surface area contributed by atoms with Crippen molar-refractivity contribution in [1.82, 2.24) is 0 Å². The molecule has 0 amide bonds. The second kappa shape index (κ2) is 8.90. The Morgan fingerprint density at radius 3 is 2.29 bits per heavy atom. The summed E-state index contributed by atoms with van der Waals surface area (Å²) in [5, 5.41) is 2.19. The Kier molecular flexibility index (Phi) is 5.24. The van der Waals surface area contributed by atoms with Crippen molar-refractivity contribution >= 4 is 22.5 Å². The predicted molar refractivity (Wildman–Crippen MR) is 165 cm³/mol. The van der Waals surface area contributed by atoms with Crippen LogP contribution in [0.15, 0.2) is 91.0 Å². The lowest BCUT2D eigenvalue weighted by atomic mass is 9.77. The van der Waals surface area contributed by atoms with E-state index in [0.29, 0.717) is 0 Å². The third-order valence-electron chi connectivity index (χ3n) is 8.89. The lowest BCUT2D eigenvalue weighted by Crippen LogP contribution is -2.35. The van der Waals surface area contributed by atoms with E-state index < -0.39 is 5.60 Å². The van der Waals surface area contributed by atoms with Gasteiger partial charge in [0.15, 0.2) is 17.1 Å². The minimum absolute atomic E-state index is 0.235. The summed E-state index contributed by atoms with van der Waals surface area (Å²) in [5.41, 5.74) is 10.3.